The second-order valence-electron chi connectivity index (χ2n) is 5.95. The quantitative estimate of drug-likeness (QED) is 0.532. The predicted octanol–water partition coefficient (Wildman–Crippen LogP) is 3.80. The molecule has 0 saturated carbocycles. The molecule has 0 spiro atoms. The Morgan fingerprint density at radius 3 is 2.54 bits per heavy atom. The van der Waals surface area contributed by atoms with Gasteiger partial charge in [0.25, 0.3) is 0 Å². The Kier molecular flexibility index (Phi) is 3.45. The van der Waals surface area contributed by atoms with Gasteiger partial charge >= 0.3 is 11.6 Å². The molecule has 0 saturated heterocycles. The first-order valence-corrected chi connectivity index (χ1v) is 8.02. The molecule has 1 aromatic heterocycles. The predicted molar refractivity (Wildman–Crippen MR) is 90.4 cm³/mol. The van der Waals surface area contributed by atoms with Crippen LogP contribution < -0.4 is 10.4 Å². The van der Waals surface area contributed by atoms with Crippen molar-refractivity contribution in [1.29, 1.82) is 0 Å². The number of esters is 1. The monoisotopic (exact) mass is 320 g/mol. The van der Waals surface area contributed by atoms with Crippen molar-refractivity contribution in [2.24, 2.45) is 0 Å². The summed E-state index contributed by atoms with van der Waals surface area (Å²) in [6.07, 6.45) is 1.08. The maximum absolute atomic E-state index is 12.5. The molecule has 0 amide bonds. The van der Waals surface area contributed by atoms with Gasteiger partial charge in [0.15, 0.2) is 5.75 Å². The highest BCUT2D eigenvalue weighted by Crippen LogP contribution is 2.40. The molecule has 0 fully saturated rings. The van der Waals surface area contributed by atoms with Crippen molar-refractivity contribution in [3.63, 3.8) is 0 Å². The van der Waals surface area contributed by atoms with Crippen LogP contribution in [0.25, 0.3) is 11.0 Å². The number of benzene rings is 2. The van der Waals surface area contributed by atoms with Crippen molar-refractivity contribution < 1.29 is 13.9 Å². The summed E-state index contributed by atoms with van der Waals surface area (Å²) in [4.78, 5) is 24.7. The fourth-order valence-corrected chi connectivity index (χ4v) is 3.24. The van der Waals surface area contributed by atoms with Gasteiger partial charge in [0, 0.05) is 5.92 Å². The summed E-state index contributed by atoms with van der Waals surface area (Å²) in [5.74, 6) is -0.335. The van der Waals surface area contributed by atoms with Gasteiger partial charge in [0.1, 0.15) is 5.58 Å². The first-order valence-electron chi connectivity index (χ1n) is 8.02. The second-order valence-corrected chi connectivity index (χ2v) is 5.95. The number of carbonyl (C=O) groups excluding carboxylic acids is 1. The smallest absolute Gasteiger partial charge is 0.343 e. The highest BCUT2D eigenvalue weighted by atomic mass is 16.5. The van der Waals surface area contributed by atoms with Crippen molar-refractivity contribution >= 4 is 16.9 Å². The summed E-state index contributed by atoms with van der Waals surface area (Å²) in [6.45, 7) is 2.09. The molecule has 2 heterocycles. The van der Waals surface area contributed by atoms with Crippen LogP contribution in [0.1, 0.15) is 36.0 Å². The van der Waals surface area contributed by atoms with Gasteiger partial charge < -0.3 is 9.15 Å². The fraction of sp³-hybridized carbons (Fsp3) is 0.200. The lowest BCUT2D eigenvalue weighted by Crippen LogP contribution is -2.26. The molecule has 4 nitrogen and oxygen atoms in total. The molecule has 0 aliphatic carbocycles. The van der Waals surface area contributed by atoms with E-state index in [1.165, 1.54) is 5.56 Å². The van der Waals surface area contributed by atoms with Crippen molar-refractivity contribution in [1.82, 2.24) is 0 Å². The average Bonchev–Trinajstić information content (AvgIpc) is 2.61. The number of ether oxygens (including phenoxy) is 1. The van der Waals surface area contributed by atoms with Gasteiger partial charge in [-0.2, -0.15) is 0 Å². The van der Waals surface area contributed by atoms with Crippen LogP contribution >= 0.6 is 0 Å². The number of hydrogen-bond donors (Lipinski definition) is 0. The maximum Gasteiger partial charge on any atom is 0.343 e. The third kappa shape index (κ3) is 2.31. The Morgan fingerprint density at radius 1 is 1.04 bits per heavy atom. The lowest BCUT2D eigenvalue weighted by molar-refractivity contribution is -0.135. The topological polar surface area (TPSA) is 56.5 Å². The van der Waals surface area contributed by atoms with Crippen molar-refractivity contribution in [2.45, 2.75) is 25.7 Å². The van der Waals surface area contributed by atoms with Crippen LogP contribution in [0.2, 0.25) is 0 Å². The zero-order chi connectivity index (χ0) is 16.7. The Hall–Kier alpha value is -2.88. The fourth-order valence-electron chi connectivity index (χ4n) is 3.24. The number of carbonyl (C=O) groups is 1. The number of fused-ring (bicyclic) bond motifs is 3. The van der Waals surface area contributed by atoms with Crippen LogP contribution in [-0.2, 0) is 11.2 Å². The van der Waals surface area contributed by atoms with Gasteiger partial charge in [-0.25, -0.2) is 4.79 Å². The molecule has 24 heavy (non-hydrogen) atoms. The van der Waals surface area contributed by atoms with E-state index in [4.69, 9.17) is 9.15 Å². The first-order chi connectivity index (χ1) is 11.7. The van der Waals surface area contributed by atoms with Crippen LogP contribution in [0, 0.1) is 0 Å². The zero-order valence-electron chi connectivity index (χ0n) is 13.2. The van der Waals surface area contributed by atoms with E-state index in [9.17, 15) is 9.59 Å². The Morgan fingerprint density at radius 2 is 1.79 bits per heavy atom. The first kappa shape index (κ1) is 14.7. The van der Waals surface area contributed by atoms with Crippen LogP contribution in [-0.4, -0.2) is 5.97 Å². The minimum absolute atomic E-state index is 0.140. The van der Waals surface area contributed by atoms with E-state index >= 15 is 0 Å². The molecular formula is C20H16O4. The van der Waals surface area contributed by atoms with E-state index in [1.807, 2.05) is 30.3 Å². The average molecular weight is 320 g/mol. The van der Waals surface area contributed by atoms with Crippen molar-refractivity contribution in [3.8, 4) is 5.75 Å². The zero-order valence-corrected chi connectivity index (χ0v) is 13.2. The molecular weight excluding hydrogens is 304 g/mol. The van der Waals surface area contributed by atoms with E-state index in [2.05, 4.69) is 6.92 Å². The molecule has 1 aliphatic heterocycles. The summed E-state index contributed by atoms with van der Waals surface area (Å²) in [7, 11) is 0. The number of para-hydroxylation sites is 1. The van der Waals surface area contributed by atoms with E-state index in [-0.39, 0.29) is 18.3 Å². The van der Waals surface area contributed by atoms with Gasteiger partial charge in [-0.1, -0.05) is 43.3 Å². The maximum atomic E-state index is 12.5. The number of rotatable bonds is 2. The Labute approximate surface area is 138 Å². The highest BCUT2D eigenvalue weighted by molar-refractivity contribution is 5.90. The lowest BCUT2D eigenvalue weighted by Gasteiger charge is -2.24. The summed E-state index contributed by atoms with van der Waals surface area (Å²) < 4.78 is 10.9. The SMILES string of the molecule is CCc1ccc([C@@H]2CC(=O)Oc3c2c(=O)oc2ccccc32)cc1. The van der Waals surface area contributed by atoms with Gasteiger partial charge in [-0.05, 0) is 29.7 Å². The van der Waals surface area contributed by atoms with E-state index in [1.54, 1.807) is 18.2 Å². The number of aryl methyl sites for hydroxylation is 1. The van der Waals surface area contributed by atoms with Gasteiger partial charge in [0.2, 0.25) is 0 Å². The normalized spacial score (nSPS) is 16.7. The standard InChI is InChI=1S/C20H16O4/c1-2-12-7-9-13(10-8-12)15-11-17(21)24-19-14-5-3-4-6-16(14)23-20(22)18(15)19/h3-10,15H,2,11H2,1H3/t15-/m0/s1. The number of hydrogen-bond acceptors (Lipinski definition) is 4. The third-order valence-corrected chi connectivity index (χ3v) is 4.52. The van der Waals surface area contributed by atoms with Crippen LogP contribution in [0.15, 0.2) is 57.7 Å². The largest absolute Gasteiger partial charge is 0.425 e. The van der Waals surface area contributed by atoms with Crippen LogP contribution in [0.4, 0.5) is 0 Å². The van der Waals surface area contributed by atoms with E-state index in [0.717, 1.165) is 12.0 Å². The van der Waals surface area contributed by atoms with Gasteiger partial charge in [0.05, 0.1) is 17.4 Å². The van der Waals surface area contributed by atoms with Crippen LogP contribution in [0.5, 0.6) is 5.75 Å². The molecule has 1 aliphatic rings. The lowest BCUT2D eigenvalue weighted by atomic mass is 9.86. The summed E-state index contributed by atoms with van der Waals surface area (Å²) >= 11 is 0. The van der Waals surface area contributed by atoms with E-state index < -0.39 is 5.63 Å². The van der Waals surface area contributed by atoms with Crippen LogP contribution in [0.3, 0.4) is 0 Å². The van der Waals surface area contributed by atoms with E-state index in [0.29, 0.717) is 22.3 Å². The molecule has 4 heteroatoms. The molecule has 1 atom stereocenters. The summed E-state index contributed by atoms with van der Waals surface area (Å²) in [5.41, 5.74) is 2.55. The van der Waals surface area contributed by atoms with Gasteiger partial charge in [-0.3, -0.25) is 4.79 Å². The highest BCUT2D eigenvalue weighted by Gasteiger charge is 2.33. The molecule has 0 radical (unpaired) electrons. The molecule has 0 bridgehead atoms. The van der Waals surface area contributed by atoms with Crippen molar-refractivity contribution in [3.05, 3.63) is 75.6 Å². The molecule has 4 rings (SSSR count). The molecule has 0 unspecified atom stereocenters. The minimum atomic E-state index is -0.444. The molecule has 0 N–H and O–H groups in total. The third-order valence-electron chi connectivity index (χ3n) is 4.52. The Bertz CT molecular complexity index is 983. The van der Waals surface area contributed by atoms with Crippen molar-refractivity contribution in [2.75, 3.05) is 0 Å². The minimum Gasteiger partial charge on any atom is -0.425 e. The summed E-state index contributed by atoms with van der Waals surface area (Å²) in [5, 5.41) is 0.648. The second kappa shape index (κ2) is 5.64. The Balaban J connectivity index is 1.94. The molecule has 2 aromatic carbocycles. The summed E-state index contributed by atoms with van der Waals surface area (Å²) in [6, 6.07) is 15.1. The molecule has 120 valence electrons. The van der Waals surface area contributed by atoms with Gasteiger partial charge in [-0.15, -0.1) is 0 Å². The molecule has 3 aromatic rings.